The molecular formula is C14H18N6O3S. The Balaban J connectivity index is 1.80. The van der Waals surface area contributed by atoms with Crippen LogP contribution in [0, 0.1) is 0 Å². The van der Waals surface area contributed by atoms with Crippen molar-refractivity contribution < 1.29 is 13.2 Å². The van der Waals surface area contributed by atoms with Crippen molar-refractivity contribution in [2.45, 2.75) is 19.5 Å². The second-order valence-corrected chi connectivity index (χ2v) is 7.57. The fourth-order valence-corrected chi connectivity index (χ4v) is 3.08. The van der Waals surface area contributed by atoms with Gasteiger partial charge >= 0.3 is 0 Å². The molecule has 0 saturated carbocycles. The van der Waals surface area contributed by atoms with E-state index in [1.54, 1.807) is 11.1 Å². The molecular weight excluding hydrogens is 332 g/mol. The van der Waals surface area contributed by atoms with Crippen molar-refractivity contribution in [3.8, 4) is 11.5 Å². The molecule has 3 rings (SSSR count). The molecule has 24 heavy (non-hydrogen) atoms. The molecule has 0 radical (unpaired) electrons. The van der Waals surface area contributed by atoms with Crippen molar-refractivity contribution in [3.63, 3.8) is 0 Å². The number of nitrogens with one attached hydrogen (secondary N) is 1. The molecule has 0 aromatic carbocycles. The Hall–Kier alpha value is -2.33. The number of nitrogens with zero attached hydrogens (tertiary/aromatic N) is 5. The molecule has 0 spiro atoms. The largest absolute Gasteiger partial charge is 0.332 e. The van der Waals surface area contributed by atoms with Crippen LogP contribution in [0.3, 0.4) is 0 Å². The van der Waals surface area contributed by atoms with Crippen LogP contribution in [0.2, 0.25) is 0 Å². The van der Waals surface area contributed by atoms with Gasteiger partial charge in [0.1, 0.15) is 5.69 Å². The lowest BCUT2D eigenvalue weighted by molar-refractivity contribution is -0.131. The number of carbonyl (C=O) groups is 1. The van der Waals surface area contributed by atoms with E-state index in [9.17, 15) is 13.2 Å². The third-order valence-electron chi connectivity index (χ3n) is 3.76. The summed E-state index contributed by atoms with van der Waals surface area (Å²) >= 11 is 0. The molecule has 3 heterocycles. The number of aromatic nitrogens is 4. The van der Waals surface area contributed by atoms with E-state index < -0.39 is 10.0 Å². The maximum Gasteiger partial charge on any atom is 0.238 e. The summed E-state index contributed by atoms with van der Waals surface area (Å²) in [4.78, 5) is 18.1. The van der Waals surface area contributed by atoms with Crippen molar-refractivity contribution in [1.82, 2.24) is 29.4 Å². The molecule has 1 atom stereocenters. The van der Waals surface area contributed by atoms with Gasteiger partial charge in [0.05, 0.1) is 25.4 Å². The smallest absolute Gasteiger partial charge is 0.238 e. The lowest BCUT2D eigenvalue weighted by Gasteiger charge is -2.32. The van der Waals surface area contributed by atoms with Gasteiger partial charge < -0.3 is 9.47 Å². The van der Waals surface area contributed by atoms with Gasteiger partial charge in [-0.15, -0.1) is 10.2 Å². The van der Waals surface area contributed by atoms with Crippen LogP contribution in [0.4, 0.5) is 0 Å². The van der Waals surface area contributed by atoms with Gasteiger partial charge in [-0.25, -0.2) is 13.1 Å². The van der Waals surface area contributed by atoms with Crippen molar-refractivity contribution in [2.24, 2.45) is 0 Å². The predicted octanol–water partition coefficient (Wildman–Crippen LogP) is -0.207. The predicted molar refractivity (Wildman–Crippen MR) is 86.2 cm³/mol. The Morgan fingerprint density at radius 2 is 2.17 bits per heavy atom. The Kier molecular flexibility index (Phi) is 4.33. The highest BCUT2D eigenvalue weighted by molar-refractivity contribution is 7.88. The number of carbonyl (C=O) groups excluding carboxylic acids is 1. The zero-order chi connectivity index (χ0) is 17.3. The number of hydrogen-bond donors (Lipinski definition) is 1. The minimum Gasteiger partial charge on any atom is -0.332 e. The summed E-state index contributed by atoms with van der Waals surface area (Å²) in [6.45, 7) is 2.44. The Morgan fingerprint density at radius 3 is 2.83 bits per heavy atom. The second kappa shape index (κ2) is 6.29. The SMILES string of the molecule is C[C@H]1CN(C(=O)CNS(C)(=O)=O)Cc2nnc(-c3ccccn3)n21. The quantitative estimate of drug-likeness (QED) is 0.817. The lowest BCUT2D eigenvalue weighted by atomic mass is 10.2. The molecule has 2 aromatic heterocycles. The molecule has 0 fully saturated rings. The number of fused-ring (bicyclic) bond motifs is 1. The maximum atomic E-state index is 12.2. The van der Waals surface area contributed by atoms with Crippen LogP contribution < -0.4 is 4.72 Å². The van der Waals surface area contributed by atoms with Gasteiger partial charge in [0, 0.05) is 12.7 Å². The van der Waals surface area contributed by atoms with Gasteiger partial charge in [-0.3, -0.25) is 9.78 Å². The average Bonchev–Trinajstić information content (AvgIpc) is 2.97. The van der Waals surface area contributed by atoms with Crippen molar-refractivity contribution in [1.29, 1.82) is 0 Å². The molecule has 1 amide bonds. The molecule has 0 unspecified atom stereocenters. The fraction of sp³-hybridized carbons (Fsp3) is 0.429. The molecule has 1 N–H and O–H groups in total. The molecule has 0 aliphatic carbocycles. The van der Waals surface area contributed by atoms with E-state index in [0.717, 1.165) is 11.9 Å². The van der Waals surface area contributed by atoms with Crippen LogP contribution >= 0.6 is 0 Å². The molecule has 9 nitrogen and oxygen atoms in total. The molecule has 1 aliphatic heterocycles. The van der Waals surface area contributed by atoms with E-state index >= 15 is 0 Å². The normalized spacial score (nSPS) is 17.6. The molecule has 10 heteroatoms. The second-order valence-electron chi connectivity index (χ2n) is 5.74. The summed E-state index contributed by atoms with van der Waals surface area (Å²) in [5, 5.41) is 8.36. The third kappa shape index (κ3) is 3.44. The number of rotatable bonds is 4. The van der Waals surface area contributed by atoms with Crippen LogP contribution in [0.25, 0.3) is 11.5 Å². The molecule has 128 valence electrons. The van der Waals surface area contributed by atoms with Crippen molar-refractivity contribution in [2.75, 3.05) is 19.3 Å². The van der Waals surface area contributed by atoms with Crippen LogP contribution in [-0.4, -0.2) is 58.3 Å². The van der Waals surface area contributed by atoms with Gasteiger partial charge in [0.2, 0.25) is 15.9 Å². The molecule has 0 bridgehead atoms. The monoisotopic (exact) mass is 350 g/mol. The van der Waals surface area contributed by atoms with E-state index in [1.165, 1.54) is 0 Å². The van der Waals surface area contributed by atoms with E-state index in [-0.39, 0.29) is 25.0 Å². The highest BCUT2D eigenvalue weighted by Gasteiger charge is 2.29. The molecule has 1 aliphatic rings. The average molecular weight is 350 g/mol. The number of amides is 1. The van der Waals surface area contributed by atoms with Gasteiger partial charge in [-0.1, -0.05) is 6.07 Å². The standard InChI is InChI=1S/C14H18N6O3S/c1-10-8-19(13(21)7-16-24(2,22)23)9-12-17-18-14(20(10)12)11-5-3-4-6-15-11/h3-6,10,16H,7-9H2,1-2H3/t10-/m0/s1. The van der Waals surface area contributed by atoms with Crippen LogP contribution in [-0.2, 0) is 21.4 Å². The summed E-state index contributed by atoms with van der Waals surface area (Å²) in [6.07, 6.45) is 2.71. The highest BCUT2D eigenvalue weighted by Crippen LogP contribution is 2.26. The molecule has 2 aromatic rings. The van der Waals surface area contributed by atoms with Gasteiger partial charge in [-0.05, 0) is 19.1 Å². The Labute approximate surface area is 139 Å². The van der Waals surface area contributed by atoms with Gasteiger partial charge in [0.15, 0.2) is 11.6 Å². The van der Waals surface area contributed by atoms with E-state index in [2.05, 4.69) is 19.9 Å². The summed E-state index contributed by atoms with van der Waals surface area (Å²) in [5.74, 6) is 1.03. The Bertz CT molecular complexity index is 849. The number of pyridine rings is 1. The van der Waals surface area contributed by atoms with Crippen LogP contribution in [0.5, 0.6) is 0 Å². The third-order valence-corrected chi connectivity index (χ3v) is 4.43. The molecule has 0 saturated heterocycles. The first kappa shape index (κ1) is 16.5. The van der Waals surface area contributed by atoms with Crippen molar-refractivity contribution >= 4 is 15.9 Å². The maximum absolute atomic E-state index is 12.2. The first-order valence-corrected chi connectivity index (χ1v) is 9.32. The zero-order valence-electron chi connectivity index (χ0n) is 13.4. The summed E-state index contributed by atoms with van der Waals surface area (Å²) in [6, 6.07) is 5.53. The summed E-state index contributed by atoms with van der Waals surface area (Å²) < 4.78 is 26.4. The fourth-order valence-electron chi connectivity index (χ4n) is 2.69. The first-order valence-electron chi connectivity index (χ1n) is 7.43. The van der Waals surface area contributed by atoms with E-state index in [4.69, 9.17) is 0 Å². The number of hydrogen-bond acceptors (Lipinski definition) is 6. The van der Waals surface area contributed by atoms with Gasteiger partial charge in [-0.2, -0.15) is 0 Å². The summed E-state index contributed by atoms with van der Waals surface area (Å²) in [7, 11) is -3.40. The Morgan fingerprint density at radius 1 is 1.38 bits per heavy atom. The van der Waals surface area contributed by atoms with Crippen LogP contribution in [0.1, 0.15) is 18.8 Å². The highest BCUT2D eigenvalue weighted by atomic mass is 32.2. The minimum atomic E-state index is -3.40. The minimum absolute atomic E-state index is 0.0389. The summed E-state index contributed by atoms with van der Waals surface area (Å²) in [5.41, 5.74) is 0.724. The number of sulfonamides is 1. The lowest BCUT2D eigenvalue weighted by Crippen LogP contribution is -2.45. The van der Waals surface area contributed by atoms with Crippen LogP contribution in [0.15, 0.2) is 24.4 Å². The first-order chi connectivity index (χ1) is 11.3. The zero-order valence-corrected chi connectivity index (χ0v) is 14.2. The van der Waals surface area contributed by atoms with E-state index in [0.29, 0.717) is 18.2 Å². The topological polar surface area (TPSA) is 110 Å². The van der Waals surface area contributed by atoms with Crippen molar-refractivity contribution in [3.05, 3.63) is 30.2 Å². The van der Waals surface area contributed by atoms with E-state index in [1.807, 2.05) is 29.7 Å². The van der Waals surface area contributed by atoms with Gasteiger partial charge in [0.25, 0.3) is 0 Å².